The summed E-state index contributed by atoms with van der Waals surface area (Å²) in [6.45, 7) is 6.18. The molecule has 3 fully saturated rings. The summed E-state index contributed by atoms with van der Waals surface area (Å²) in [6, 6.07) is 19.4. The van der Waals surface area contributed by atoms with Crippen molar-refractivity contribution in [2.45, 2.75) is 25.0 Å². The van der Waals surface area contributed by atoms with E-state index in [1.54, 1.807) is 6.20 Å². The molecule has 33 heavy (non-hydrogen) atoms. The Morgan fingerprint density at radius 2 is 1.94 bits per heavy atom. The maximum Gasteiger partial charge on any atom is 0.279 e. The lowest BCUT2D eigenvalue weighted by Gasteiger charge is -2.57. The summed E-state index contributed by atoms with van der Waals surface area (Å²) in [5, 5.41) is 15.7. The molecule has 172 valence electrons. The number of anilines is 1. The average molecular weight is 508 g/mol. The SMILES string of the molecule is C=C[C@H]1C[N@+]2(CC(=O)Nc3ccccc3)CC[C@H]1C[C@@H]2[C@@H](O)c1ccnc2ccccc12.[Br-]. The molecule has 1 aromatic heterocycles. The fourth-order valence-electron chi connectivity index (χ4n) is 5.97. The van der Waals surface area contributed by atoms with Crippen LogP contribution in [0.1, 0.15) is 24.5 Å². The Morgan fingerprint density at radius 1 is 1.18 bits per heavy atom. The predicted molar refractivity (Wildman–Crippen MR) is 127 cm³/mol. The summed E-state index contributed by atoms with van der Waals surface area (Å²) < 4.78 is 0.601. The Balaban J connectivity index is 0.00000259. The Bertz CT molecular complexity index is 1130. The van der Waals surface area contributed by atoms with Gasteiger partial charge < -0.3 is 31.9 Å². The van der Waals surface area contributed by atoms with Crippen molar-refractivity contribution in [3.05, 3.63) is 85.1 Å². The lowest BCUT2D eigenvalue weighted by Crippen LogP contribution is -3.00. The lowest BCUT2D eigenvalue weighted by atomic mass is 9.71. The van der Waals surface area contributed by atoms with E-state index in [2.05, 4.69) is 23.0 Å². The number of carbonyl (C=O) groups is 1. The lowest BCUT2D eigenvalue weighted by molar-refractivity contribution is -0.966. The number of aliphatic hydroxyl groups excluding tert-OH is 1. The number of quaternary nitrogens is 1. The number of pyridine rings is 1. The van der Waals surface area contributed by atoms with E-state index in [0.29, 0.717) is 22.9 Å². The zero-order valence-electron chi connectivity index (χ0n) is 18.6. The van der Waals surface area contributed by atoms with Gasteiger partial charge in [-0.1, -0.05) is 42.5 Å². The van der Waals surface area contributed by atoms with E-state index in [-0.39, 0.29) is 28.9 Å². The smallest absolute Gasteiger partial charge is 0.279 e. The number of amides is 1. The zero-order valence-corrected chi connectivity index (χ0v) is 20.2. The number of hydrogen-bond donors (Lipinski definition) is 2. The number of fused-ring (bicyclic) bond motifs is 4. The number of nitrogens with zero attached hydrogens (tertiary/aromatic N) is 2. The van der Waals surface area contributed by atoms with Crippen LogP contribution in [0.25, 0.3) is 10.9 Å². The number of aliphatic hydroxyl groups is 1. The molecule has 3 aliphatic rings. The van der Waals surface area contributed by atoms with Crippen LogP contribution in [0, 0.1) is 11.8 Å². The maximum absolute atomic E-state index is 13.1. The number of benzene rings is 2. The molecular formula is C27H30BrN3O2. The summed E-state index contributed by atoms with van der Waals surface area (Å²) in [5.41, 5.74) is 2.60. The highest BCUT2D eigenvalue weighted by atomic mass is 79.9. The average Bonchev–Trinajstić information content (AvgIpc) is 2.83. The van der Waals surface area contributed by atoms with Gasteiger partial charge in [-0.05, 0) is 35.7 Å². The predicted octanol–water partition coefficient (Wildman–Crippen LogP) is 1.32. The first-order valence-electron chi connectivity index (χ1n) is 11.4. The second-order valence-corrected chi connectivity index (χ2v) is 9.31. The van der Waals surface area contributed by atoms with Crippen molar-refractivity contribution in [3.63, 3.8) is 0 Å². The maximum atomic E-state index is 13.1. The van der Waals surface area contributed by atoms with Crippen LogP contribution in [-0.2, 0) is 4.79 Å². The number of nitrogens with one attached hydrogen (secondary N) is 1. The first kappa shape index (κ1) is 23.6. The molecule has 0 saturated carbocycles. The van der Waals surface area contributed by atoms with Gasteiger partial charge in [0.25, 0.3) is 5.91 Å². The molecule has 3 aromatic rings. The molecule has 4 heterocycles. The van der Waals surface area contributed by atoms with Crippen molar-refractivity contribution in [2.75, 3.05) is 25.0 Å². The molecule has 0 aliphatic carbocycles. The third-order valence-electron chi connectivity index (χ3n) is 7.56. The number of piperidine rings is 3. The number of hydrogen-bond acceptors (Lipinski definition) is 3. The van der Waals surface area contributed by atoms with Gasteiger partial charge in [-0.2, -0.15) is 0 Å². The quantitative estimate of drug-likeness (QED) is 0.390. The van der Waals surface area contributed by atoms with Gasteiger partial charge in [0.1, 0.15) is 12.1 Å². The fourth-order valence-corrected chi connectivity index (χ4v) is 5.97. The molecule has 3 aliphatic heterocycles. The third-order valence-corrected chi connectivity index (χ3v) is 7.56. The van der Waals surface area contributed by atoms with E-state index in [4.69, 9.17) is 0 Å². The highest BCUT2D eigenvalue weighted by molar-refractivity contribution is 5.91. The first-order chi connectivity index (χ1) is 15.6. The van der Waals surface area contributed by atoms with Crippen molar-refractivity contribution in [1.29, 1.82) is 0 Å². The van der Waals surface area contributed by atoms with Gasteiger partial charge in [-0.25, -0.2) is 0 Å². The van der Waals surface area contributed by atoms with E-state index in [1.807, 2.05) is 60.7 Å². The van der Waals surface area contributed by atoms with E-state index in [1.165, 1.54) is 0 Å². The molecule has 2 bridgehead atoms. The van der Waals surface area contributed by atoms with Crippen LogP contribution in [-0.4, -0.2) is 46.2 Å². The summed E-state index contributed by atoms with van der Waals surface area (Å²) in [5.74, 6) is 0.888. The Morgan fingerprint density at radius 3 is 2.73 bits per heavy atom. The van der Waals surface area contributed by atoms with Crippen LogP contribution < -0.4 is 22.3 Å². The highest BCUT2D eigenvalue weighted by Gasteiger charge is 2.54. The molecule has 5 atom stereocenters. The number of halogens is 1. The van der Waals surface area contributed by atoms with Gasteiger partial charge in [0.05, 0.1) is 18.6 Å². The van der Waals surface area contributed by atoms with Gasteiger partial charge in [0.2, 0.25) is 0 Å². The van der Waals surface area contributed by atoms with Crippen molar-refractivity contribution in [1.82, 2.24) is 4.98 Å². The number of para-hydroxylation sites is 2. The molecule has 3 saturated heterocycles. The summed E-state index contributed by atoms with van der Waals surface area (Å²) in [4.78, 5) is 17.6. The van der Waals surface area contributed by atoms with Crippen molar-refractivity contribution in [2.24, 2.45) is 11.8 Å². The minimum absolute atomic E-state index is 0. The van der Waals surface area contributed by atoms with E-state index in [9.17, 15) is 9.90 Å². The van der Waals surface area contributed by atoms with Crippen molar-refractivity contribution in [3.8, 4) is 0 Å². The van der Waals surface area contributed by atoms with Gasteiger partial charge in [0.15, 0.2) is 6.54 Å². The summed E-state index contributed by atoms with van der Waals surface area (Å²) >= 11 is 0. The minimum atomic E-state index is -0.652. The van der Waals surface area contributed by atoms with Crippen molar-refractivity contribution >= 4 is 22.5 Å². The molecule has 5 nitrogen and oxygen atoms in total. The molecule has 6 heteroatoms. The first-order valence-corrected chi connectivity index (χ1v) is 11.4. The van der Waals surface area contributed by atoms with E-state index < -0.39 is 6.10 Å². The number of rotatable bonds is 6. The monoisotopic (exact) mass is 507 g/mol. The summed E-state index contributed by atoms with van der Waals surface area (Å²) in [7, 11) is 0. The van der Waals surface area contributed by atoms with Crippen LogP contribution in [0.3, 0.4) is 0 Å². The second kappa shape index (κ2) is 9.75. The molecule has 2 N–H and O–H groups in total. The number of carbonyl (C=O) groups excluding carboxylic acids is 1. The van der Waals surface area contributed by atoms with Crippen molar-refractivity contribution < 1.29 is 31.4 Å². The largest absolute Gasteiger partial charge is 1.00 e. The molecular weight excluding hydrogens is 478 g/mol. The summed E-state index contributed by atoms with van der Waals surface area (Å²) in [6.07, 6.45) is 5.14. The van der Waals surface area contributed by atoms with Gasteiger partial charge in [0, 0.05) is 36.0 Å². The van der Waals surface area contributed by atoms with Crippen LogP contribution >= 0.6 is 0 Å². The van der Waals surface area contributed by atoms with E-state index >= 15 is 0 Å². The minimum Gasteiger partial charge on any atom is -1.00 e. The van der Waals surface area contributed by atoms with Crippen LogP contribution in [0.4, 0.5) is 5.69 Å². The molecule has 2 aromatic carbocycles. The van der Waals surface area contributed by atoms with Crippen LogP contribution in [0.15, 0.2) is 79.5 Å². The van der Waals surface area contributed by atoms with E-state index in [0.717, 1.165) is 48.1 Å². The Labute approximate surface area is 205 Å². The fraction of sp³-hybridized carbons (Fsp3) is 0.333. The molecule has 0 radical (unpaired) electrons. The molecule has 6 rings (SSSR count). The normalized spacial score (nSPS) is 26.9. The zero-order chi connectivity index (χ0) is 22.1. The Hall–Kier alpha value is -2.54. The van der Waals surface area contributed by atoms with Crippen LogP contribution in [0.2, 0.25) is 0 Å². The Kier molecular flexibility index (Phi) is 6.98. The third kappa shape index (κ3) is 4.47. The highest BCUT2D eigenvalue weighted by Crippen LogP contribution is 2.46. The molecule has 0 spiro atoms. The van der Waals surface area contributed by atoms with Gasteiger partial charge in [-0.15, -0.1) is 6.58 Å². The van der Waals surface area contributed by atoms with Crippen LogP contribution in [0.5, 0.6) is 0 Å². The standard InChI is InChI=1S/C27H29N3O2.BrH/c1-2-19-17-30(18-26(31)29-21-8-4-3-5-9-21)15-13-20(19)16-25(30)27(32)23-12-14-28-24-11-7-6-10-22(23)24;/h2-12,14,19-20,25,27,32H,1,13,15-18H2;1H/t19-,20-,25+,27-,30-;/m0./s1. The molecule has 0 unspecified atom stereocenters. The van der Waals surface area contributed by atoms with Gasteiger partial charge in [-0.3, -0.25) is 9.78 Å². The topological polar surface area (TPSA) is 62.2 Å². The second-order valence-electron chi connectivity index (χ2n) is 9.31. The number of aromatic nitrogens is 1. The molecule has 1 amide bonds. The van der Waals surface area contributed by atoms with Gasteiger partial charge >= 0.3 is 0 Å².